The molecule has 3 rings (SSSR count). The highest BCUT2D eigenvalue weighted by Crippen LogP contribution is 2.49. The van der Waals surface area contributed by atoms with Gasteiger partial charge < -0.3 is 34.7 Å². The zero-order valence-electron chi connectivity index (χ0n) is 22.7. The Morgan fingerprint density at radius 2 is 1.82 bits per heavy atom. The average molecular weight is 584 g/mol. The van der Waals surface area contributed by atoms with Gasteiger partial charge in [0.25, 0.3) is 0 Å². The van der Waals surface area contributed by atoms with Crippen LogP contribution in [0.25, 0.3) is 5.52 Å². The molecular weight excluding hydrogens is 549 g/mol. The van der Waals surface area contributed by atoms with Gasteiger partial charge in [0.05, 0.1) is 25.5 Å². The molecule has 6 atom stereocenters. The Kier molecular flexibility index (Phi) is 9.53. The van der Waals surface area contributed by atoms with Crippen LogP contribution in [-0.2, 0) is 38.5 Å². The topological polar surface area (TPSA) is 233 Å². The average Bonchev–Trinajstić information content (AvgIpc) is 3.43. The summed E-state index contributed by atoms with van der Waals surface area (Å²) in [4.78, 5) is 28.3. The molecule has 0 aromatic carbocycles. The van der Waals surface area contributed by atoms with E-state index in [0.717, 1.165) is 0 Å². The van der Waals surface area contributed by atoms with Crippen molar-refractivity contribution in [2.24, 2.45) is 0 Å². The van der Waals surface area contributed by atoms with Crippen molar-refractivity contribution in [3.63, 3.8) is 0 Å². The molecule has 0 aliphatic carbocycles. The van der Waals surface area contributed by atoms with Crippen LogP contribution in [0, 0.1) is 11.3 Å². The summed E-state index contributed by atoms with van der Waals surface area (Å²) in [6.07, 6.45) is -2.09. The first kappa shape index (κ1) is 31.4. The summed E-state index contributed by atoms with van der Waals surface area (Å²) >= 11 is 0. The second-order valence-corrected chi connectivity index (χ2v) is 11.1. The maximum atomic E-state index is 13.8. The van der Waals surface area contributed by atoms with E-state index in [1.807, 2.05) is 0 Å². The Hall–Kier alpha value is -3.16. The number of aromatic nitrogens is 3. The zero-order chi connectivity index (χ0) is 29.9. The van der Waals surface area contributed by atoms with Crippen LogP contribution in [0.3, 0.4) is 0 Å². The number of nitriles is 1. The Morgan fingerprint density at radius 3 is 2.35 bits per heavy atom. The van der Waals surface area contributed by atoms with Gasteiger partial charge in [-0.15, -0.1) is 0 Å². The summed E-state index contributed by atoms with van der Waals surface area (Å²) in [6, 6.07) is 2.50. The summed E-state index contributed by atoms with van der Waals surface area (Å²) in [5, 5.41) is 41.4. The first-order valence-electron chi connectivity index (χ1n) is 12.5. The second-order valence-electron chi connectivity index (χ2n) is 9.23. The monoisotopic (exact) mass is 583 g/mol. The molecule has 1 aliphatic rings. The van der Waals surface area contributed by atoms with Crippen molar-refractivity contribution in [3.8, 4) is 6.07 Å². The van der Waals surface area contributed by atoms with E-state index in [9.17, 15) is 29.6 Å². The number of hydrogen-bond donors (Lipinski definition) is 5. The number of ether oxygens (including phenoxy) is 3. The fraction of sp³-hybridized carbons (Fsp3) is 0.609. The number of fused-ring (bicyclic) bond motifs is 1. The second kappa shape index (κ2) is 12.1. The molecular formula is C23H34N7O9P. The fourth-order valence-electron chi connectivity index (χ4n) is 4.32. The van der Waals surface area contributed by atoms with E-state index in [1.54, 1.807) is 26.0 Å². The largest absolute Gasteiger partial charge is 0.465 e. The van der Waals surface area contributed by atoms with E-state index in [4.69, 9.17) is 24.5 Å². The third-order valence-corrected chi connectivity index (χ3v) is 8.43. The predicted octanol–water partition coefficient (Wildman–Crippen LogP) is -0.252. The maximum absolute atomic E-state index is 13.8. The number of rotatable bonds is 12. The lowest BCUT2D eigenvalue weighted by molar-refractivity contribution is -0.145. The molecule has 0 saturated carbocycles. The van der Waals surface area contributed by atoms with Gasteiger partial charge in [-0.25, -0.2) is 19.7 Å². The van der Waals surface area contributed by atoms with Crippen LogP contribution in [0.15, 0.2) is 18.5 Å². The van der Waals surface area contributed by atoms with Crippen LogP contribution in [0.5, 0.6) is 0 Å². The number of aliphatic hydroxyl groups is 2. The van der Waals surface area contributed by atoms with Gasteiger partial charge in [0.15, 0.2) is 11.4 Å². The van der Waals surface area contributed by atoms with Crippen molar-refractivity contribution < 1.29 is 43.1 Å². The molecule has 2 aromatic heterocycles. The highest BCUT2D eigenvalue weighted by Gasteiger charge is 2.65. The van der Waals surface area contributed by atoms with Crippen molar-refractivity contribution in [1.82, 2.24) is 24.8 Å². The van der Waals surface area contributed by atoms with Crippen LogP contribution in [0.4, 0.5) is 5.82 Å². The van der Waals surface area contributed by atoms with Gasteiger partial charge in [-0.1, -0.05) is 0 Å². The lowest BCUT2D eigenvalue weighted by Gasteiger charge is -2.33. The van der Waals surface area contributed by atoms with Gasteiger partial charge in [-0.3, -0.25) is 14.2 Å². The molecule has 0 amide bonds. The Balaban J connectivity index is 1.90. The molecule has 40 heavy (non-hydrogen) atoms. The molecule has 1 aliphatic heterocycles. The van der Waals surface area contributed by atoms with Crippen LogP contribution in [0.2, 0.25) is 0 Å². The van der Waals surface area contributed by atoms with Crippen molar-refractivity contribution in [2.75, 3.05) is 25.6 Å². The summed E-state index contributed by atoms with van der Waals surface area (Å²) in [6.45, 7) is 6.82. The van der Waals surface area contributed by atoms with Crippen LogP contribution < -0.4 is 15.9 Å². The number of esters is 2. The lowest BCUT2D eigenvalue weighted by atomic mass is 9.80. The van der Waals surface area contributed by atoms with E-state index in [0.29, 0.717) is 5.52 Å². The van der Waals surface area contributed by atoms with E-state index >= 15 is 0 Å². The summed E-state index contributed by atoms with van der Waals surface area (Å²) in [5.41, 5.74) is 2.06. The molecule has 2 aromatic rings. The number of carbonyl (C=O) groups excluding carboxylic acids is 2. The molecule has 0 unspecified atom stereocenters. The molecule has 6 N–H and O–H groups in total. The third-order valence-electron chi connectivity index (χ3n) is 6.46. The smallest absolute Gasteiger partial charge is 0.342 e. The van der Waals surface area contributed by atoms with Gasteiger partial charge in [0.1, 0.15) is 42.2 Å². The standard InChI is InChI=1S/C23H34N7O9P/c1-6-36-20(32)13(3)28-40(35,29-14(4)21(33)37-7-2)38-10-16-18(31)23(34,11-24)22(5,39-16)17-9-8-15-19(25)26-12-27-30(15)17/h8-9,12-14,16,18,31,34H,6-7,10H2,1-5H3,(H2,25,26,27)(H2,28,29,35)/t13-,14-,16+,18+,22-,23+/m0/s1. The number of anilines is 1. The first-order valence-corrected chi connectivity index (χ1v) is 14.1. The highest BCUT2D eigenvalue weighted by atomic mass is 31.2. The van der Waals surface area contributed by atoms with Crippen molar-refractivity contribution >= 4 is 30.9 Å². The normalized spacial score (nSPS) is 26.2. The van der Waals surface area contributed by atoms with Gasteiger partial charge in [0, 0.05) is 0 Å². The molecule has 3 heterocycles. The number of hydrogen-bond acceptors (Lipinski definition) is 13. The van der Waals surface area contributed by atoms with E-state index < -0.39 is 61.7 Å². The van der Waals surface area contributed by atoms with Crippen molar-refractivity contribution in [2.45, 2.75) is 70.1 Å². The van der Waals surface area contributed by atoms with Crippen molar-refractivity contribution in [1.29, 1.82) is 5.26 Å². The van der Waals surface area contributed by atoms with Crippen LogP contribution in [-0.4, -0.2) is 86.5 Å². The van der Waals surface area contributed by atoms with Crippen LogP contribution in [0.1, 0.15) is 40.3 Å². The van der Waals surface area contributed by atoms with Gasteiger partial charge in [-0.2, -0.15) is 10.4 Å². The van der Waals surface area contributed by atoms with E-state index in [2.05, 4.69) is 20.3 Å². The molecule has 0 spiro atoms. The summed E-state index contributed by atoms with van der Waals surface area (Å²) in [7, 11) is -4.26. The Labute approximate surface area is 230 Å². The van der Waals surface area contributed by atoms with Crippen molar-refractivity contribution in [3.05, 3.63) is 24.2 Å². The number of carbonyl (C=O) groups is 2. The van der Waals surface area contributed by atoms with Gasteiger partial charge >= 0.3 is 19.6 Å². The number of nitrogens with two attached hydrogens (primary N) is 1. The molecule has 16 nitrogen and oxygen atoms in total. The molecule has 0 bridgehead atoms. The molecule has 0 radical (unpaired) electrons. The van der Waals surface area contributed by atoms with Gasteiger partial charge in [-0.05, 0) is 46.8 Å². The van der Waals surface area contributed by atoms with Gasteiger partial charge in [0.2, 0.25) is 5.60 Å². The molecule has 1 fully saturated rings. The number of aliphatic hydroxyl groups excluding tert-OH is 1. The number of nitrogen functional groups attached to an aromatic ring is 1. The summed E-state index contributed by atoms with van der Waals surface area (Å²) in [5.74, 6) is -1.34. The minimum absolute atomic E-state index is 0.0705. The zero-order valence-corrected chi connectivity index (χ0v) is 23.6. The molecule has 17 heteroatoms. The minimum Gasteiger partial charge on any atom is -0.465 e. The Morgan fingerprint density at radius 1 is 1.25 bits per heavy atom. The highest BCUT2D eigenvalue weighted by molar-refractivity contribution is 7.54. The molecule has 220 valence electrons. The minimum atomic E-state index is -4.26. The van der Waals surface area contributed by atoms with Crippen LogP contribution >= 0.6 is 7.67 Å². The first-order chi connectivity index (χ1) is 18.8. The quantitative estimate of drug-likeness (QED) is 0.123. The summed E-state index contributed by atoms with van der Waals surface area (Å²) < 4.78 is 36.6. The Bertz CT molecular complexity index is 1300. The van der Waals surface area contributed by atoms with E-state index in [1.165, 1.54) is 37.7 Å². The van der Waals surface area contributed by atoms with E-state index in [-0.39, 0.29) is 24.7 Å². The molecule has 1 saturated heterocycles. The lowest BCUT2D eigenvalue weighted by Crippen LogP contribution is -2.52. The SMILES string of the molecule is CCOC(=O)[C@H](C)NP(=O)(N[C@@H](C)C(=O)OCC)OC[C@H]1O[C@@](C)(c2ccc3c(N)ncnn23)[C@@](O)(C#N)[C@@H]1O. The third kappa shape index (κ3) is 5.81. The maximum Gasteiger partial charge on any atom is 0.342 e. The fourth-order valence-corrected chi connectivity index (χ4v) is 6.13. The number of nitrogens with one attached hydrogen (secondary N) is 2. The number of nitrogens with zero attached hydrogens (tertiary/aromatic N) is 4. The predicted molar refractivity (Wildman–Crippen MR) is 138 cm³/mol.